The van der Waals surface area contributed by atoms with E-state index in [1.165, 1.54) is 0 Å². The fourth-order valence-corrected chi connectivity index (χ4v) is 2.41. The first-order valence-corrected chi connectivity index (χ1v) is 6.63. The van der Waals surface area contributed by atoms with Gasteiger partial charge in [0.2, 0.25) is 5.76 Å². The largest absolute Gasteiger partial charge is 0.436 e. The van der Waals surface area contributed by atoms with Crippen LogP contribution in [0, 0.1) is 17.4 Å². The molecule has 0 unspecified atom stereocenters. The third kappa shape index (κ3) is 2.84. The molecule has 18 heavy (non-hydrogen) atoms. The van der Waals surface area contributed by atoms with E-state index < -0.39 is 0 Å². The van der Waals surface area contributed by atoms with Crippen LogP contribution in [0.3, 0.4) is 0 Å². The van der Waals surface area contributed by atoms with E-state index in [9.17, 15) is 4.79 Å². The van der Waals surface area contributed by atoms with Gasteiger partial charge in [-0.3, -0.25) is 4.79 Å². The fourth-order valence-electron chi connectivity index (χ4n) is 1.51. The fraction of sp³-hybridized carbons (Fsp3) is 0.167. The molecule has 0 fully saturated rings. The Morgan fingerprint density at radius 3 is 2.72 bits per heavy atom. The van der Waals surface area contributed by atoms with E-state index in [0.29, 0.717) is 22.3 Å². The number of anilines is 1. The van der Waals surface area contributed by atoms with E-state index in [2.05, 4.69) is 32.9 Å². The zero-order chi connectivity index (χ0) is 13.3. The lowest BCUT2D eigenvalue weighted by atomic mass is 10.3. The molecule has 0 saturated carbocycles. The maximum Gasteiger partial charge on any atom is 0.293 e. The predicted molar refractivity (Wildman–Crippen MR) is 78.1 cm³/mol. The molecule has 0 aliphatic carbocycles. The maximum absolute atomic E-state index is 12.0. The van der Waals surface area contributed by atoms with Crippen LogP contribution < -0.4 is 5.32 Å². The number of halogens is 2. The second kappa shape index (κ2) is 5.27. The van der Waals surface area contributed by atoms with Gasteiger partial charge in [0.15, 0.2) is 5.89 Å². The Morgan fingerprint density at radius 1 is 1.44 bits per heavy atom. The number of benzene rings is 1. The van der Waals surface area contributed by atoms with Crippen molar-refractivity contribution in [3.05, 3.63) is 44.1 Å². The topological polar surface area (TPSA) is 55.1 Å². The Kier molecular flexibility index (Phi) is 3.91. The molecule has 94 valence electrons. The number of oxazole rings is 1. The third-order valence-electron chi connectivity index (χ3n) is 2.29. The first-order valence-electron chi connectivity index (χ1n) is 5.18. The van der Waals surface area contributed by atoms with Crippen molar-refractivity contribution in [1.82, 2.24) is 4.98 Å². The molecular weight excluding hydrogens is 367 g/mol. The van der Waals surface area contributed by atoms with Crippen molar-refractivity contribution in [3.63, 3.8) is 0 Å². The van der Waals surface area contributed by atoms with Crippen molar-refractivity contribution in [3.8, 4) is 0 Å². The Balaban J connectivity index is 2.24. The van der Waals surface area contributed by atoms with Gasteiger partial charge in [0.05, 0.1) is 16.4 Å². The van der Waals surface area contributed by atoms with Crippen LogP contribution in [0.4, 0.5) is 5.69 Å². The zero-order valence-corrected chi connectivity index (χ0v) is 12.7. The quantitative estimate of drug-likeness (QED) is 0.811. The van der Waals surface area contributed by atoms with Crippen molar-refractivity contribution in [2.75, 3.05) is 5.32 Å². The number of rotatable bonds is 2. The van der Waals surface area contributed by atoms with E-state index in [-0.39, 0.29) is 11.7 Å². The molecule has 1 amide bonds. The number of amides is 1. The number of aromatic nitrogens is 1. The summed E-state index contributed by atoms with van der Waals surface area (Å²) in [5.74, 6) is 0.324. The maximum atomic E-state index is 12.0. The Labute approximate surface area is 123 Å². The lowest BCUT2D eigenvalue weighted by molar-refractivity contribution is 0.0994. The van der Waals surface area contributed by atoms with E-state index in [0.717, 1.165) is 3.57 Å². The molecule has 1 heterocycles. The Morgan fingerprint density at radius 2 is 2.17 bits per heavy atom. The number of carbonyl (C=O) groups excluding carboxylic acids is 1. The number of carbonyl (C=O) groups is 1. The SMILES string of the molecule is Cc1nc(C)c(C(=O)Nc2ccc(I)cc2Cl)o1. The number of nitrogens with one attached hydrogen (secondary N) is 1. The summed E-state index contributed by atoms with van der Waals surface area (Å²) in [6, 6.07) is 5.39. The standard InChI is InChI=1S/C12H10ClIN2O2/c1-6-11(18-7(2)15-6)12(17)16-10-4-3-8(14)5-9(10)13/h3-5H,1-2H3,(H,16,17). The van der Waals surface area contributed by atoms with Gasteiger partial charge in [-0.15, -0.1) is 0 Å². The van der Waals surface area contributed by atoms with Crippen molar-refractivity contribution in [2.24, 2.45) is 0 Å². The third-order valence-corrected chi connectivity index (χ3v) is 3.27. The van der Waals surface area contributed by atoms with E-state index >= 15 is 0 Å². The van der Waals surface area contributed by atoms with E-state index in [4.69, 9.17) is 16.0 Å². The van der Waals surface area contributed by atoms with Crippen LogP contribution in [0.2, 0.25) is 5.02 Å². The summed E-state index contributed by atoms with van der Waals surface area (Å²) in [6.07, 6.45) is 0. The molecule has 2 aromatic rings. The average Bonchev–Trinajstić information content (AvgIpc) is 2.62. The van der Waals surface area contributed by atoms with Gasteiger partial charge in [-0.1, -0.05) is 11.6 Å². The van der Waals surface area contributed by atoms with E-state index in [1.54, 1.807) is 26.0 Å². The molecule has 0 saturated heterocycles. The average molecular weight is 377 g/mol. The molecule has 0 aliphatic rings. The summed E-state index contributed by atoms with van der Waals surface area (Å²) in [5, 5.41) is 3.19. The van der Waals surface area contributed by atoms with Gasteiger partial charge in [-0.05, 0) is 47.7 Å². The first kappa shape index (κ1) is 13.4. The minimum atomic E-state index is -0.351. The van der Waals surface area contributed by atoms with Gasteiger partial charge in [0.1, 0.15) is 0 Å². The van der Waals surface area contributed by atoms with Gasteiger partial charge in [-0.2, -0.15) is 0 Å². The van der Waals surface area contributed by atoms with Crippen molar-refractivity contribution in [2.45, 2.75) is 13.8 Å². The second-order valence-electron chi connectivity index (χ2n) is 3.73. The van der Waals surface area contributed by atoms with Crippen LogP contribution in [-0.4, -0.2) is 10.9 Å². The summed E-state index contributed by atoms with van der Waals surface area (Å²) >= 11 is 8.19. The molecule has 1 N–H and O–H groups in total. The van der Waals surface area contributed by atoms with Gasteiger partial charge in [-0.25, -0.2) is 4.98 Å². The minimum absolute atomic E-state index is 0.210. The van der Waals surface area contributed by atoms with Crippen molar-refractivity contribution < 1.29 is 9.21 Å². The lowest BCUT2D eigenvalue weighted by Crippen LogP contribution is -2.12. The highest BCUT2D eigenvalue weighted by Crippen LogP contribution is 2.24. The molecule has 2 rings (SSSR count). The molecule has 0 spiro atoms. The molecule has 0 aliphatic heterocycles. The highest BCUT2D eigenvalue weighted by atomic mass is 127. The molecule has 0 bridgehead atoms. The summed E-state index contributed by atoms with van der Waals surface area (Å²) in [7, 11) is 0. The molecule has 0 radical (unpaired) electrons. The number of aryl methyl sites for hydroxylation is 2. The predicted octanol–water partition coefficient (Wildman–Crippen LogP) is 3.80. The van der Waals surface area contributed by atoms with Crippen LogP contribution >= 0.6 is 34.2 Å². The van der Waals surface area contributed by atoms with Crippen LogP contribution in [0.5, 0.6) is 0 Å². The van der Waals surface area contributed by atoms with Crippen LogP contribution in [-0.2, 0) is 0 Å². The van der Waals surface area contributed by atoms with Crippen LogP contribution in [0.1, 0.15) is 22.1 Å². The molecule has 6 heteroatoms. The first-order chi connectivity index (χ1) is 8.47. The number of hydrogen-bond acceptors (Lipinski definition) is 3. The van der Waals surface area contributed by atoms with E-state index in [1.807, 2.05) is 6.07 Å². The molecule has 4 nitrogen and oxygen atoms in total. The van der Waals surface area contributed by atoms with Gasteiger partial charge in [0, 0.05) is 10.5 Å². The molecule has 1 aromatic carbocycles. The summed E-state index contributed by atoms with van der Waals surface area (Å²) in [5.41, 5.74) is 1.11. The van der Waals surface area contributed by atoms with Crippen molar-refractivity contribution >= 4 is 45.8 Å². The minimum Gasteiger partial charge on any atom is -0.436 e. The summed E-state index contributed by atoms with van der Waals surface area (Å²) < 4.78 is 6.25. The molecular formula is C12H10ClIN2O2. The van der Waals surface area contributed by atoms with Crippen LogP contribution in [0.15, 0.2) is 22.6 Å². The summed E-state index contributed by atoms with van der Waals surface area (Å²) in [6.45, 7) is 3.42. The monoisotopic (exact) mass is 376 g/mol. The highest BCUT2D eigenvalue weighted by molar-refractivity contribution is 14.1. The van der Waals surface area contributed by atoms with Gasteiger partial charge < -0.3 is 9.73 Å². The molecule has 0 atom stereocenters. The zero-order valence-electron chi connectivity index (χ0n) is 9.75. The normalized spacial score (nSPS) is 10.4. The molecule has 1 aromatic heterocycles. The summed E-state index contributed by atoms with van der Waals surface area (Å²) in [4.78, 5) is 16.0. The number of hydrogen-bond donors (Lipinski definition) is 1. The highest BCUT2D eigenvalue weighted by Gasteiger charge is 2.16. The van der Waals surface area contributed by atoms with Gasteiger partial charge >= 0.3 is 0 Å². The van der Waals surface area contributed by atoms with Crippen molar-refractivity contribution in [1.29, 1.82) is 0 Å². The Hall–Kier alpha value is -1.08. The van der Waals surface area contributed by atoms with Crippen LogP contribution in [0.25, 0.3) is 0 Å². The lowest BCUT2D eigenvalue weighted by Gasteiger charge is -2.06. The van der Waals surface area contributed by atoms with Gasteiger partial charge in [0.25, 0.3) is 5.91 Å². The number of nitrogens with zero attached hydrogens (tertiary/aromatic N) is 1. The Bertz CT molecular complexity index is 610. The second-order valence-corrected chi connectivity index (χ2v) is 5.38. The smallest absolute Gasteiger partial charge is 0.293 e.